The number of nitrogens with one attached hydrogen (secondary N) is 4. The van der Waals surface area contributed by atoms with Gasteiger partial charge in [0.15, 0.2) is 0 Å². The van der Waals surface area contributed by atoms with Gasteiger partial charge in [-0.25, -0.2) is 0 Å². The Morgan fingerprint density at radius 1 is 0.839 bits per heavy atom. The zero-order valence-electron chi connectivity index (χ0n) is 19.1. The summed E-state index contributed by atoms with van der Waals surface area (Å²) in [5.74, 6) is -0.465. The highest BCUT2D eigenvalue weighted by Crippen LogP contribution is 2.09. The predicted molar refractivity (Wildman–Crippen MR) is 122 cm³/mol. The summed E-state index contributed by atoms with van der Waals surface area (Å²) in [6, 6.07) is 7.81. The maximum Gasteiger partial charge on any atom is 0.243 e. The van der Waals surface area contributed by atoms with E-state index in [1.165, 1.54) is 0 Å². The van der Waals surface area contributed by atoms with Crippen LogP contribution in [0.25, 0.3) is 0 Å². The Kier molecular flexibility index (Phi) is 10.5. The molecule has 3 amide bonds. The van der Waals surface area contributed by atoms with Crippen molar-refractivity contribution in [3.05, 3.63) is 35.9 Å². The molecule has 4 N–H and O–H groups in total. The third-order valence-electron chi connectivity index (χ3n) is 5.50. The van der Waals surface area contributed by atoms with Crippen LogP contribution in [0.2, 0.25) is 0 Å². The van der Waals surface area contributed by atoms with Crippen LogP contribution in [0.5, 0.6) is 0 Å². The lowest BCUT2D eigenvalue weighted by molar-refractivity contribution is -0.132. The molecule has 1 heterocycles. The Labute approximate surface area is 186 Å². The van der Waals surface area contributed by atoms with Gasteiger partial charge in [0.2, 0.25) is 17.7 Å². The molecule has 7 nitrogen and oxygen atoms in total. The van der Waals surface area contributed by atoms with Gasteiger partial charge in [0.1, 0.15) is 12.1 Å². The molecule has 0 radical (unpaired) electrons. The lowest BCUT2D eigenvalue weighted by atomic mass is 10.0. The molecular weight excluding hydrogens is 392 g/mol. The smallest absolute Gasteiger partial charge is 0.243 e. The first-order chi connectivity index (χ1) is 14.9. The van der Waals surface area contributed by atoms with E-state index in [1.54, 1.807) is 0 Å². The Bertz CT molecular complexity index is 708. The van der Waals surface area contributed by atoms with Crippen LogP contribution in [0.3, 0.4) is 0 Å². The molecule has 172 valence electrons. The molecule has 1 saturated heterocycles. The van der Waals surface area contributed by atoms with E-state index in [4.69, 9.17) is 0 Å². The summed E-state index contributed by atoms with van der Waals surface area (Å²) in [7, 11) is 0. The molecule has 0 unspecified atom stereocenters. The summed E-state index contributed by atoms with van der Waals surface area (Å²) in [6.45, 7) is 7.21. The number of carbonyl (C=O) groups is 3. The Hall–Kier alpha value is -2.41. The second kappa shape index (κ2) is 13.1. The molecule has 1 aromatic rings. The fraction of sp³-hybridized carbons (Fsp3) is 0.625. The van der Waals surface area contributed by atoms with Crippen molar-refractivity contribution in [2.24, 2.45) is 5.92 Å². The van der Waals surface area contributed by atoms with Crippen LogP contribution in [-0.2, 0) is 20.8 Å². The van der Waals surface area contributed by atoms with E-state index in [9.17, 15) is 14.4 Å². The van der Waals surface area contributed by atoms with Crippen molar-refractivity contribution in [2.75, 3.05) is 13.1 Å². The van der Waals surface area contributed by atoms with E-state index in [0.29, 0.717) is 19.4 Å². The molecule has 3 atom stereocenters. The molecule has 0 spiro atoms. The molecular formula is C24H38N4O3. The van der Waals surface area contributed by atoms with Crippen LogP contribution in [0, 0.1) is 5.92 Å². The number of hydrogen-bond donors (Lipinski definition) is 4. The van der Waals surface area contributed by atoms with Crippen LogP contribution in [0.15, 0.2) is 30.3 Å². The first-order valence-electron chi connectivity index (χ1n) is 11.5. The topological polar surface area (TPSA) is 99.3 Å². The predicted octanol–water partition coefficient (Wildman–Crippen LogP) is 1.91. The molecule has 1 aliphatic heterocycles. The maximum absolute atomic E-state index is 13.2. The molecule has 31 heavy (non-hydrogen) atoms. The summed E-state index contributed by atoms with van der Waals surface area (Å²) < 4.78 is 0. The van der Waals surface area contributed by atoms with Crippen molar-refractivity contribution in [3.8, 4) is 0 Å². The lowest BCUT2D eigenvalue weighted by Gasteiger charge is -2.25. The van der Waals surface area contributed by atoms with Gasteiger partial charge >= 0.3 is 0 Å². The highest BCUT2D eigenvalue weighted by atomic mass is 16.2. The fourth-order valence-corrected chi connectivity index (χ4v) is 3.68. The Balaban J connectivity index is 2.21. The molecule has 1 aromatic carbocycles. The highest BCUT2D eigenvalue weighted by Gasteiger charge is 2.28. The third-order valence-corrected chi connectivity index (χ3v) is 5.50. The summed E-state index contributed by atoms with van der Waals surface area (Å²) in [6.07, 6.45) is 4.84. The summed E-state index contributed by atoms with van der Waals surface area (Å²) in [5.41, 5.74) is 0.947. The van der Waals surface area contributed by atoms with E-state index < -0.39 is 18.1 Å². The van der Waals surface area contributed by atoms with E-state index in [-0.39, 0.29) is 23.6 Å². The fourth-order valence-electron chi connectivity index (χ4n) is 3.68. The molecule has 2 rings (SSSR count). The van der Waals surface area contributed by atoms with Crippen molar-refractivity contribution < 1.29 is 14.4 Å². The zero-order valence-corrected chi connectivity index (χ0v) is 19.1. The Morgan fingerprint density at radius 2 is 1.48 bits per heavy atom. The Morgan fingerprint density at radius 3 is 2.16 bits per heavy atom. The van der Waals surface area contributed by atoms with E-state index >= 15 is 0 Å². The number of rotatable bonds is 4. The number of hydrogen-bond acceptors (Lipinski definition) is 4. The molecule has 1 fully saturated rings. The van der Waals surface area contributed by atoms with Gasteiger partial charge in [0.05, 0.1) is 6.04 Å². The van der Waals surface area contributed by atoms with Crippen molar-refractivity contribution in [1.82, 2.24) is 21.3 Å². The molecule has 0 aromatic heterocycles. The van der Waals surface area contributed by atoms with Crippen molar-refractivity contribution in [3.63, 3.8) is 0 Å². The summed E-state index contributed by atoms with van der Waals surface area (Å²) >= 11 is 0. The van der Waals surface area contributed by atoms with E-state index in [2.05, 4.69) is 21.3 Å². The first-order valence-corrected chi connectivity index (χ1v) is 11.5. The molecule has 0 saturated carbocycles. The average Bonchev–Trinajstić information content (AvgIpc) is 2.73. The molecule has 0 aliphatic carbocycles. The van der Waals surface area contributed by atoms with Gasteiger partial charge in [-0.05, 0) is 44.2 Å². The van der Waals surface area contributed by atoms with Gasteiger partial charge in [0, 0.05) is 13.0 Å². The molecule has 0 bridgehead atoms. The van der Waals surface area contributed by atoms with Crippen LogP contribution in [0.1, 0.15) is 58.4 Å². The van der Waals surface area contributed by atoms with Gasteiger partial charge in [0.25, 0.3) is 0 Å². The number of carbonyl (C=O) groups excluding carboxylic acids is 3. The van der Waals surface area contributed by atoms with Gasteiger partial charge in [-0.3, -0.25) is 14.4 Å². The van der Waals surface area contributed by atoms with Crippen molar-refractivity contribution in [2.45, 2.75) is 77.4 Å². The van der Waals surface area contributed by atoms with Crippen molar-refractivity contribution >= 4 is 17.7 Å². The van der Waals surface area contributed by atoms with Gasteiger partial charge < -0.3 is 21.3 Å². The van der Waals surface area contributed by atoms with Gasteiger partial charge in [-0.1, -0.05) is 57.0 Å². The SMILES string of the molecule is CC(C)C[C@@H]1NC(=O)[C@H](Cc2ccccc2)NC(=O)[C@H](C)NCCCCCCNC1=O. The third kappa shape index (κ3) is 9.09. The first kappa shape index (κ1) is 24.9. The minimum Gasteiger partial charge on any atom is -0.354 e. The van der Waals surface area contributed by atoms with Crippen LogP contribution in [0.4, 0.5) is 0 Å². The standard InChI is InChI=1S/C24H38N4O3/c1-17(2)15-20-23(30)26-14-10-5-4-9-13-25-18(3)22(29)27-21(24(31)28-20)16-19-11-7-6-8-12-19/h6-8,11-12,17-18,20-21,25H,4-5,9-10,13-16H2,1-3H3,(H,26,30)(H,27,29)(H,28,31)/t18-,20-,21-/m0/s1. The summed E-state index contributed by atoms with van der Waals surface area (Å²) in [4.78, 5) is 38.7. The van der Waals surface area contributed by atoms with Crippen LogP contribution >= 0.6 is 0 Å². The monoisotopic (exact) mass is 430 g/mol. The minimum absolute atomic E-state index is 0.158. The zero-order chi connectivity index (χ0) is 22.6. The van der Waals surface area contributed by atoms with Crippen molar-refractivity contribution in [1.29, 1.82) is 0 Å². The quantitative estimate of drug-likeness (QED) is 0.586. The molecule has 1 aliphatic rings. The normalized spacial score (nSPS) is 24.9. The number of benzene rings is 1. The second-order valence-electron chi connectivity index (χ2n) is 8.82. The maximum atomic E-state index is 13.2. The second-order valence-corrected chi connectivity index (χ2v) is 8.82. The average molecular weight is 431 g/mol. The number of amides is 3. The largest absolute Gasteiger partial charge is 0.354 e. The van der Waals surface area contributed by atoms with E-state index in [1.807, 2.05) is 51.1 Å². The van der Waals surface area contributed by atoms with Gasteiger partial charge in [-0.15, -0.1) is 0 Å². The summed E-state index contributed by atoms with van der Waals surface area (Å²) in [5, 5.41) is 12.0. The van der Waals surface area contributed by atoms with Gasteiger partial charge in [-0.2, -0.15) is 0 Å². The van der Waals surface area contributed by atoms with Crippen LogP contribution < -0.4 is 21.3 Å². The lowest BCUT2D eigenvalue weighted by Crippen LogP contribution is -2.56. The van der Waals surface area contributed by atoms with E-state index in [0.717, 1.165) is 37.8 Å². The molecule has 7 heteroatoms. The minimum atomic E-state index is -0.755. The highest BCUT2D eigenvalue weighted by molar-refractivity contribution is 5.93. The van der Waals surface area contributed by atoms with Crippen LogP contribution in [-0.4, -0.2) is 48.9 Å².